The molecule has 0 aromatic heterocycles. The van der Waals surface area contributed by atoms with Crippen molar-refractivity contribution >= 4 is 5.71 Å². The first-order valence-corrected chi connectivity index (χ1v) is 4.26. The molecular formula is C11H14N2. The lowest BCUT2D eigenvalue weighted by molar-refractivity contribution is 1.25. The summed E-state index contributed by atoms with van der Waals surface area (Å²) in [5.41, 5.74) is 7.93. The van der Waals surface area contributed by atoms with E-state index in [4.69, 9.17) is 11.1 Å². The maximum absolute atomic E-state index is 7.66. The van der Waals surface area contributed by atoms with E-state index < -0.39 is 0 Å². The van der Waals surface area contributed by atoms with Crippen molar-refractivity contribution in [3.05, 3.63) is 47.5 Å². The van der Waals surface area contributed by atoms with Gasteiger partial charge in [0.2, 0.25) is 0 Å². The lowest BCUT2D eigenvalue weighted by atomic mass is 10.1. The Hall–Kier alpha value is -1.41. The van der Waals surface area contributed by atoms with Crippen LogP contribution >= 0.6 is 0 Å². The average Bonchev–Trinajstić information content (AvgIpc) is 2.15. The standard InChI is InChI=1S/C11H14N2/c1-9-4-6-10(7-5-9)11(13)3-2-8-12/h2-7,13H,8,12H2,1H3/b3-2-,13-11?. The van der Waals surface area contributed by atoms with Gasteiger partial charge < -0.3 is 11.1 Å². The van der Waals surface area contributed by atoms with Gasteiger partial charge >= 0.3 is 0 Å². The fraction of sp³-hybridized carbons (Fsp3) is 0.182. The topological polar surface area (TPSA) is 49.9 Å². The van der Waals surface area contributed by atoms with Crippen molar-refractivity contribution in [2.24, 2.45) is 5.73 Å². The van der Waals surface area contributed by atoms with Crippen LogP contribution in [-0.2, 0) is 0 Å². The van der Waals surface area contributed by atoms with Crippen molar-refractivity contribution in [2.45, 2.75) is 6.92 Å². The molecule has 0 aliphatic rings. The molecule has 0 unspecified atom stereocenters. The number of hydrogen-bond acceptors (Lipinski definition) is 2. The fourth-order valence-corrected chi connectivity index (χ4v) is 1.02. The Bertz CT molecular complexity index is 309. The van der Waals surface area contributed by atoms with Crippen LogP contribution in [0, 0.1) is 12.3 Å². The van der Waals surface area contributed by atoms with Gasteiger partial charge in [0, 0.05) is 6.54 Å². The number of nitrogens with one attached hydrogen (secondary N) is 1. The Morgan fingerprint density at radius 1 is 1.38 bits per heavy atom. The molecule has 3 N–H and O–H groups in total. The van der Waals surface area contributed by atoms with E-state index in [0.29, 0.717) is 12.3 Å². The van der Waals surface area contributed by atoms with Crippen LogP contribution in [0.15, 0.2) is 36.4 Å². The van der Waals surface area contributed by atoms with E-state index in [1.807, 2.05) is 31.2 Å². The van der Waals surface area contributed by atoms with Crippen LogP contribution < -0.4 is 5.73 Å². The first kappa shape index (κ1) is 9.68. The van der Waals surface area contributed by atoms with E-state index in [2.05, 4.69) is 0 Å². The maximum atomic E-state index is 7.66. The molecule has 0 heterocycles. The number of benzene rings is 1. The van der Waals surface area contributed by atoms with Crippen molar-refractivity contribution in [3.63, 3.8) is 0 Å². The van der Waals surface area contributed by atoms with E-state index >= 15 is 0 Å². The van der Waals surface area contributed by atoms with Gasteiger partial charge in [-0.05, 0) is 18.6 Å². The first-order valence-electron chi connectivity index (χ1n) is 4.26. The minimum absolute atomic E-state index is 0.480. The van der Waals surface area contributed by atoms with Crippen LogP contribution in [0.5, 0.6) is 0 Å². The van der Waals surface area contributed by atoms with Crippen molar-refractivity contribution < 1.29 is 0 Å². The second kappa shape index (κ2) is 4.58. The number of rotatable bonds is 3. The van der Waals surface area contributed by atoms with Gasteiger partial charge in [0.15, 0.2) is 0 Å². The van der Waals surface area contributed by atoms with Gasteiger partial charge in [0.1, 0.15) is 0 Å². The highest BCUT2D eigenvalue weighted by Gasteiger charge is 1.94. The van der Waals surface area contributed by atoms with Crippen LogP contribution in [-0.4, -0.2) is 12.3 Å². The highest BCUT2D eigenvalue weighted by Crippen LogP contribution is 2.04. The van der Waals surface area contributed by atoms with Crippen LogP contribution in [0.3, 0.4) is 0 Å². The van der Waals surface area contributed by atoms with E-state index in [0.717, 1.165) is 5.56 Å². The molecule has 2 nitrogen and oxygen atoms in total. The number of aryl methyl sites for hydroxylation is 1. The zero-order chi connectivity index (χ0) is 9.68. The summed E-state index contributed by atoms with van der Waals surface area (Å²) in [6.07, 6.45) is 3.51. The molecule has 0 amide bonds. The zero-order valence-electron chi connectivity index (χ0n) is 7.75. The second-order valence-electron chi connectivity index (χ2n) is 2.92. The fourth-order valence-electron chi connectivity index (χ4n) is 1.02. The molecular weight excluding hydrogens is 160 g/mol. The minimum atomic E-state index is 0.480. The highest BCUT2D eigenvalue weighted by atomic mass is 14.5. The number of hydrogen-bond donors (Lipinski definition) is 2. The van der Waals surface area contributed by atoms with Crippen molar-refractivity contribution in [2.75, 3.05) is 6.54 Å². The van der Waals surface area contributed by atoms with Gasteiger partial charge in [-0.2, -0.15) is 0 Å². The summed E-state index contributed by atoms with van der Waals surface area (Å²) in [6.45, 7) is 2.51. The zero-order valence-corrected chi connectivity index (χ0v) is 7.75. The Balaban J connectivity index is 2.78. The van der Waals surface area contributed by atoms with Crippen LogP contribution in [0.4, 0.5) is 0 Å². The summed E-state index contributed by atoms with van der Waals surface area (Å²) in [5, 5.41) is 7.66. The largest absolute Gasteiger partial charge is 0.327 e. The summed E-state index contributed by atoms with van der Waals surface area (Å²) in [4.78, 5) is 0. The predicted molar refractivity (Wildman–Crippen MR) is 56.2 cm³/mol. The van der Waals surface area contributed by atoms with E-state index in [9.17, 15) is 0 Å². The van der Waals surface area contributed by atoms with Gasteiger partial charge in [0.25, 0.3) is 0 Å². The smallest absolute Gasteiger partial charge is 0.0609 e. The number of nitrogens with two attached hydrogens (primary N) is 1. The molecule has 1 aromatic carbocycles. The Morgan fingerprint density at radius 3 is 2.54 bits per heavy atom. The molecule has 0 aliphatic heterocycles. The molecule has 1 aromatic rings. The third-order valence-corrected chi connectivity index (χ3v) is 1.78. The Kier molecular flexibility index (Phi) is 3.41. The lowest BCUT2D eigenvalue weighted by Gasteiger charge is -1.98. The molecule has 0 spiro atoms. The molecule has 0 saturated heterocycles. The van der Waals surface area contributed by atoms with Crippen molar-refractivity contribution in [1.29, 1.82) is 5.41 Å². The highest BCUT2D eigenvalue weighted by molar-refractivity contribution is 6.06. The summed E-state index contributed by atoms with van der Waals surface area (Å²) in [5.74, 6) is 0. The number of allylic oxidation sites excluding steroid dienone is 1. The normalized spacial score (nSPS) is 10.6. The molecule has 0 atom stereocenters. The monoisotopic (exact) mass is 174 g/mol. The van der Waals surface area contributed by atoms with Gasteiger partial charge in [-0.1, -0.05) is 35.9 Å². The van der Waals surface area contributed by atoms with Crippen LogP contribution in [0.2, 0.25) is 0 Å². The van der Waals surface area contributed by atoms with Gasteiger partial charge in [-0.3, -0.25) is 0 Å². The van der Waals surface area contributed by atoms with Crippen molar-refractivity contribution in [1.82, 2.24) is 0 Å². The molecule has 0 saturated carbocycles. The Labute approximate surface area is 78.6 Å². The van der Waals surface area contributed by atoms with Gasteiger partial charge in [-0.25, -0.2) is 0 Å². The molecule has 2 heteroatoms. The maximum Gasteiger partial charge on any atom is 0.0609 e. The third kappa shape index (κ3) is 2.84. The summed E-state index contributed by atoms with van der Waals surface area (Å²) in [6, 6.07) is 7.89. The third-order valence-electron chi connectivity index (χ3n) is 1.78. The van der Waals surface area contributed by atoms with Gasteiger partial charge in [-0.15, -0.1) is 0 Å². The first-order chi connectivity index (χ1) is 6.24. The lowest BCUT2D eigenvalue weighted by Crippen LogP contribution is -1.97. The van der Waals surface area contributed by atoms with Gasteiger partial charge in [0.05, 0.1) is 5.71 Å². The Morgan fingerprint density at radius 2 is 2.00 bits per heavy atom. The molecule has 0 radical (unpaired) electrons. The molecule has 0 bridgehead atoms. The summed E-state index contributed by atoms with van der Waals surface area (Å²) in [7, 11) is 0. The minimum Gasteiger partial charge on any atom is -0.327 e. The molecule has 0 aliphatic carbocycles. The molecule has 13 heavy (non-hydrogen) atoms. The summed E-state index contributed by atoms with van der Waals surface area (Å²) >= 11 is 0. The van der Waals surface area contributed by atoms with E-state index in [-0.39, 0.29) is 0 Å². The predicted octanol–water partition coefficient (Wildman–Crippen LogP) is 1.88. The molecule has 0 fully saturated rings. The quantitative estimate of drug-likeness (QED) is 0.675. The average molecular weight is 174 g/mol. The van der Waals surface area contributed by atoms with Crippen molar-refractivity contribution in [3.8, 4) is 0 Å². The summed E-state index contributed by atoms with van der Waals surface area (Å²) < 4.78 is 0. The molecule has 1 rings (SSSR count). The van der Waals surface area contributed by atoms with E-state index in [1.165, 1.54) is 5.56 Å². The van der Waals surface area contributed by atoms with Crippen LogP contribution in [0.25, 0.3) is 0 Å². The second-order valence-corrected chi connectivity index (χ2v) is 2.92. The molecule has 68 valence electrons. The van der Waals surface area contributed by atoms with E-state index in [1.54, 1.807) is 12.2 Å². The SMILES string of the molecule is Cc1ccc(C(=N)/C=C\CN)cc1. The van der Waals surface area contributed by atoms with Crippen LogP contribution in [0.1, 0.15) is 11.1 Å².